The van der Waals surface area contributed by atoms with Crippen molar-refractivity contribution in [3.05, 3.63) is 102 Å². The molecule has 0 aliphatic carbocycles. The van der Waals surface area contributed by atoms with Crippen LogP contribution in [0.2, 0.25) is 0 Å². The molecule has 1 aromatic heterocycles. The lowest BCUT2D eigenvalue weighted by Crippen LogP contribution is -2.36. The van der Waals surface area contributed by atoms with Crippen molar-refractivity contribution in [2.45, 2.75) is 65.4 Å². The molecule has 0 unspecified atom stereocenters. The van der Waals surface area contributed by atoms with Gasteiger partial charge in [-0.05, 0) is 100 Å². The molecule has 0 radical (unpaired) electrons. The molecule has 0 saturated heterocycles. The molecular formula is C37H41F3N6O5. The van der Waals surface area contributed by atoms with E-state index in [0.29, 0.717) is 41.3 Å². The maximum atomic E-state index is 13.4. The van der Waals surface area contributed by atoms with Gasteiger partial charge in [0, 0.05) is 30.6 Å². The fourth-order valence-corrected chi connectivity index (χ4v) is 4.88. The number of benzene rings is 3. The highest BCUT2D eigenvalue weighted by atomic mass is 19.4. The van der Waals surface area contributed by atoms with Gasteiger partial charge in [-0.25, -0.2) is 4.79 Å². The van der Waals surface area contributed by atoms with Gasteiger partial charge in [-0.2, -0.15) is 18.2 Å². The minimum absolute atomic E-state index is 0.144. The van der Waals surface area contributed by atoms with Crippen molar-refractivity contribution >= 4 is 23.5 Å². The number of aromatic nitrogens is 2. The summed E-state index contributed by atoms with van der Waals surface area (Å²) < 4.78 is 60.3. The Morgan fingerprint density at radius 1 is 0.804 bits per heavy atom. The van der Waals surface area contributed by atoms with Crippen LogP contribution in [-0.4, -0.2) is 57.7 Å². The highest BCUT2D eigenvalue weighted by molar-refractivity contribution is 6.04. The fraction of sp³-hybridized carbons (Fsp3) is 0.324. The summed E-state index contributed by atoms with van der Waals surface area (Å²) in [6.45, 7) is 7.67. The minimum atomic E-state index is -5.15. The smallest absolute Gasteiger partial charge is 0.473 e. The van der Waals surface area contributed by atoms with Gasteiger partial charge in [-0.1, -0.05) is 30.3 Å². The Balaban J connectivity index is 1.48. The number of amidine groups is 1. The van der Waals surface area contributed by atoms with E-state index in [-0.39, 0.29) is 37.8 Å². The van der Waals surface area contributed by atoms with Gasteiger partial charge in [0.1, 0.15) is 22.9 Å². The zero-order valence-corrected chi connectivity index (χ0v) is 28.8. The topological polar surface area (TPSA) is 144 Å². The van der Waals surface area contributed by atoms with Crippen LogP contribution in [0.1, 0.15) is 51.7 Å². The number of nitrogens with zero attached hydrogens (tertiary/aromatic N) is 3. The van der Waals surface area contributed by atoms with E-state index in [1.807, 2.05) is 30.3 Å². The molecule has 4 aromatic rings. The largest absolute Gasteiger partial charge is 0.494 e. The van der Waals surface area contributed by atoms with E-state index in [1.54, 1.807) is 87.0 Å². The van der Waals surface area contributed by atoms with Crippen molar-refractivity contribution in [3.63, 3.8) is 0 Å². The predicted molar refractivity (Wildman–Crippen MR) is 186 cm³/mol. The molecule has 14 heteroatoms. The zero-order valence-electron chi connectivity index (χ0n) is 28.8. The van der Waals surface area contributed by atoms with E-state index in [0.717, 1.165) is 11.1 Å². The van der Waals surface area contributed by atoms with Crippen LogP contribution in [0.5, 0.6) is 11.5 Å². The normalized spacial score (nSPS) is 11.9. The number of carbonyl (C=O) groups excluding carboxylic acids is 2. The second-order valence-electron chi connectivity index (χ2n) is 12.5. The third-order valence-corrected chi connectivity index (χ3v) is 7.24. The van der Waals surface area contributed by atoms with Crippen LogP contribution in [0.25, 0.3) is 11.3 Å². The maximum Gasteiger partial charge on any atom is 0.473 e. The summed E-state index contributed by atoms with van der Waals surface area (Å²) in [5.41, 5.74) is 2.06. The molecule has 270 valence electrons. The van der Waals surface area contributed by atoms with E-state index in [4.69, 9.17) is 25.0 Å². The summed E-state index contributed by atoms with van der Waals surface area (Å²) >= 11 is 0. The van der Waals surface area contributed by atoms with Gasteiger partial charge in [0.25, 0.3) is 0 Å². The SMILES string of the molecule is CC(=N)c1ccc(OCCCn2cc(-c3ccccc3)n(CCCOc3ccc(C(=N)NC(=O)OC(C)(C)C)cc3)/c2=N\C(=O)C(F)(F)F)cc1. The van der Waals surface area contributed by atoms with Crippen molar-refractivity contribution in [1.29, 1.82) is 10.8 Å². The first-order valence-corrected chi connectivity index (χ1v) is 16.2. The Kier molecular flexibility index (Phi) is 12.6. The van der Waals surface area contributed by atoms with Crippen LogP contribution in [0.15, 0.2) is 90.1 Å². The lowest BCUT2D eigenvalue weighted by Gasteiger charge is -2.19. The van der Waals surface area contributed by atoms with Crippen LogP contribution in [0.4, 0.5) is 18.0 Å². The third kappa shape index (κ3) is 11.4. The summed E-state index contributed by atoms with van der Waals surface area (Å²) in [6, 6.07) is 22.6. The van der Waals surface area contributed by atoms with Crippen LogP contribution in [-0.2, 0) is 22.6 Å². The van der Waals surface area contributed by atoms with Crippen molar-refractivity contribution in [2.75, 3.05) is 13.2 Å². The average molecular weight is 707 g/mol. The van der Waals surface area contributed by atoms with Gasteiger partial charge in [0.15, 0.2) is 0 Å². The van der Waals surface area contributed by atoms with Crippen LogP contribution in [0, 0.1) is 10.8 Å². The predicted octanol–water partition coefficient (Wildman–Crippen LogP) is 7.12. The van der Waals surface area contributed by atoms with E-state index >= 15 is 0 Å². The zero-order chi connectivity index (χ0) is 37.2. The van der Waals surface area contributed by atoms with Crippen LogP contribution >= 0.6 is 0 Å². The number of ether oxygens (including phenoxy) is 3. The fourth-order valence-electron chi connectivity index (χ4n) is 4.88. The molecule has 3 N–H and O–H groups in total. The molecule has 1 heterocycles. The van der Waals surface area contributed by atoms with Gasteiger partial charge in [0.05, 0.1) is 18.9 Å². The highest BCUT2D eigenvalue weighted by Gasteiger charge is 2.39. The number of nitrogens with one attached hydrogen (secondary N) is 3. The molecule has 0 bridgehead atoms. The van der Waals surface area contributed by atoms with Gasteiger partial charge in [0.2, 0.25) is 5.62 Å². The average Bonchev–Trinajstić information content (AvgIpc) is 3.41. The summed E-state index contributed by atoms with van der Waals surface area (Å²) in [5, 5.41) is 18.2. The number of hydrogen-bond acceptors (Lipinski definition) is 7. The number of halogens is 3. The Morgan fingerprint density at radius 2 is 1.35 bits per heavy atom. The molecule has 0 saturated carbocycles. The van der Waals surface area contributed by atoms with Crippen molar-refractivity contribution in [2.24, 2.45) is 4.99 Å². The molecule has 3 aromatic carbocycles. The van der Waals surface area contributed by atoms with E-state index in [1.165, 1.54) is 4.57 Å². The lowest BCUT2D eigenvalue weighted by atomic mass is 10.1. The van der Waals surface area contributed by atoms with E-state index in [2.05, 4.69) is 10.3 Å². The second-order valence-corrected chi connectivity index (χ2v) is 12.5. The van der Waals surface area contributed by atoms with Crippen LogP contribution < -0.4 is 20.4 Å². The number of carbonyl (C=O) groups is 2. The molecule has 0 atom stereocenters. The van der Waals surface area contributed by atoms with Gasteiger partial charge >= 0.3 is 18.2 Å². The van der Waals surface area contributed by atoms with Crippen LogP contribution in [0.3, 0.4) is 0 Å². The molecule has 0 spiro atoms. The molecular weight excluding hydrogens is 665 g/mol. The lowest BCUT2D eigenvalue weighted by molar-refractivity contribution is -0.169. The number of rotatable bonds is 13. The monoisotopic (exact) mass is 706 g/mol. The number of amides is 2. The first-order chi connectivity index (χ1) is 24.1. The molecule has 0 aliphatic heterocycles. The molecule has 51 heavy (non-hydrogen) atoms. The van der Waals surface area contributed by atoms with E-state index in [9.17, 15) is 22.8 Å². The summed E-state index contributed by atoms with van der Waals surface area (Å²) in [5.74, 6) is -1.28. The second kappa shape index (κ2) is 16.8. The summed E-state index contributed by atoms with van der Waals surface area (Å²) in [4.78, 5) is 27.7. The Labute approximate surface area is 293 Å². The quantitative estimate of drug-likeness (QED) is 0.0771. The Bertz CT molecular complexity index is 1890. The van der Waals surface area contributed by atoms with Gasteiger partial charge < -0.3 is 28.8 Å². The molecule has 0 aliphatic rings. The summed E-state index contributed by atoms with van der Waals surface area (Å²) in [7, 11) is 0. The summed E-state index contributed by atoms with van der Waals surface area (Å²) in [6.07, 6.45) is -3.46. The molecule has 4 rings (SSSR count). The van der Waals surface area contributed by atoms with Gasteiger partial charge in [-0.15, -0.1) is 0 Å². The number of alkyl halides is 3. The first-order valence-electron chi connectivity index (χ1n) is 16.2. The number of aryl methyl sites for hydroxylation is 1. The van der Waals surface area contributed by atoms with Crippen molar-refractivity contribution in [1.82, 2.24) is 14.5 Å². The number of hydrogen-bond donors (Lipinski definition) is 3. The van der Waals surface area contributed by atoms with E-state index < -0.39 is 23.8 Å². The third-order valence-electron chi connectivity index (χ3n) is 7.24. The molecule has 2 amide bonds. The number of alkyl carbamates (subject to hydrolysis) is 1. The minimum Gasteiger partial charge on any atom is -0.494 e. The van der Waals surface area contributed by atoms with Crippen molar-refractivity contribution in [3.8, 4) is 22.8 Å². The first kappa shape index (κ1) is 38.1. The Morgan fingerprint density at radius 3 is 1.88 bits per heavy atom. The molecule has 0 fully saturated rings. The Hall–Kier alpha value is -5.66. The standard InChI is InChI=1S/C37H41F3N6O5/c1-25(41)26-12-16-29(17-13-26)49-22-8-20-45-24-31(27-10-6-5-7-11-27)46(34(45)44-33(47)37(38,39)40)21-9-23-50-30-18-14-28(15-19-30)32(42)43-35(48)51-36(2,3)4/h5-7,10-19,24,41H,8-9,20-23H2,1-4H3,(H2,42,43,48)/b41-25?,44-34-. The highest BCUT2D eigenvalue weighted by Crippen LogP contribution is 2.21. The van der Waals surface area contributed by atoms with Crippen molar-refractivity contribution < 1.29 is 37.0 Å². The molecule has 11 nitrogen and oxygen atoms in total. The maximum absolute atomic E-state index is 13.4. The number of imidazole rings is 1. The van der Waals surface area contributed by atoms with Gasteiger partial charge in [-0.3, -0.25) is 15.5 Å².